The molecule has 19 heavy (non-hydrogen) atoms. The Hall–Kier alpha value is -1.30. The third kappa shape index (κ3) is 5.06. The van der Waals surface area contributed by atoms with E-state index in [1.165, 1.54) is 7.11 Å². The minimum Gasteiger partial charge on any atom is -0.467 e. The monoisotopic (exact) mass is 273 g/mol. The number of rotatable bonds is 3. The van der Waals surface area contributed by atoms with Crippen LogP contribution in [0, 0.1) is 5.92 Å². The highest BCUT2D eigenvalue weighted by Gasteiger charge is 2.37. The zero-order valence-corrected chi connectivity index (χ0v) is 12.2. The molecule has 1 fully saturated rings. The Morgan fingerprint density at radius 3 is 2.53 bits per heavy atom. The van der Waals surface area contributed by atoms with Gasteiger partial charge in [0.25, 0.3) is 0 Å². The van der Waals surface area contributed by atoms with Gasteiger partial charge in [0.1, 0.15) is 5.60 Å². The molecule has 6 nitrogen and oxygen atoms in total. The molecule has 0 aromatic carbocycles. The first-order chi connectivity index (χ1) is 8.73. The molecule has 6 heteroatoms. The molecule has 1 rings (SSSR count). The van der Waals surface area contributed by atoms with Crippen molar-refractivity contribution in [3.05, 3.63) is 0 Å². The van der Waals surface area contributed by atoms with E-state index < -0.39 is 17.8 Å². The molecule has 0 bridgehead atoms. The van der Waals surface area contributed by atoms with E-state index in [9.17, 15) is 9.59 Å². The van der Waals surface area contributed by atoms with E-state index in [4.69, 9.17) is 9.47 Å². The zero-order chi connectivity index (χ0) is 14.6. The molecule has 3 atom stereocenters. The summed E-state index contributed by atoms with van der Waals surface area (Å²) in [5, 5.41) is 2.64. The maximum Gasteiger partial charge on any atom is 0.407 e. The van der Waals surface area contributed by atoms with Crippen LogP contribution >= 0.6 is 0 Å². The molecule has 0 aromatic heterocycles. The minimum absolute atomic E-state index is 0.0814. The fourth-order valence-electron chi connectivity index (χ4n) is 1.98. The van der Waals surface area contributed by atoms with Crippen LogP contribution in [0.1, 0.15) is 34.1 Å². The Labute approximate surface area is 113 Å². The maximum atomic E-state index is 11.5. The van der Waals surface area contributed by atoms with Gasteiger partial charge in [-0.15, -0.1) is 0 Å². The summed E-state index contributed by atoms with van der Waals surface area (Å²) in [5.74, 6) is -0.287. The van der Waals surface area contributed by atoms with Crippen molar-refractivity contribution in [3.8, 4) is 0 Å². The first kappa shape index (κ1) is 15.8. The molecule has 0 radical (unpaired) electrons. The fraction of sp³-hybridized carbons (Fsp3) is 0.846. The van der Waals surface area contributed by atoms with Crippen molar-refractivity contribution in [3.63, 3.8) is 0 Å². The van der Waals surface area contributed by atoms with Crippen LogP contribution in [-0.4, -0.2) is 43.5 Å². The van der Waals surface area contributed by atoms with E-state index in [1.807, 2.05) is 6.92 Å². The Kier molecular flexibility index (Phi) is 5.17. The van der Waals surface area contributed by atoms with Gasteiger partial charge in [0, 0.05) is 6.54 Å². The molecule has 1 N–H and O–H groups in total. The molecule has 0 saturated carbocycles. The number of amides is 1. The van der Waals surface area contributed by atoms with Gasteiger partial charge in [0.2, 0.25) is 0 Å². The second-order valence-electron chi connectivity index (χ2n) is 5.80. The summed E-state index contributed by atoms with van der Waals surface area (Å²) in [5.41, 5.74) is -0.525. The molecule has 0 aliphatic carbocycles. The van der Waals surface area contributed by atoms with E-state index in [0.717, 1.165) is 0 Å². The summed E-state index contributed by atoms with van der Waals surface area (Å²) >= 11 is 0. The van der Waals surface area contributed by atoms with Gasteiger partial charge >= 0.3 is 12.1 Å². The number of carbonyl (C=O) groups is 2. The third-order valence-corrected chi connectivity index (χ3v) is 2.80. The van der Waals surface area contributed by atoms with Gasteiger partial charge in [-0.25, -0.2) is 9.59 Å². The average Bonchev–Trinajstić information content (AvgIpc) is 2.65. The van der Waals surface area contributed by atoms with Gasteiger partial charge in [-0.3, -0.25) is 0 Å². The summed E-state index contributed by atoms with van der Waals surface area (Å²) in [7, 11) is 1.34. The van der Waals surface area contributed by atoms with Gasteiger partial charge in [0.15, 0.2) is 6.10 Å². The minimum atomic E-state index is -0.546. The van der Waals surface area contributed by atoms with Crippen LogP contribution < -0.4 is 5.32 Å². The topological polar surface area (TPSA) is 73.9 Å². The van der Waals surface area contributed by atoms with Crippen molar-refractivity contribution in [2.75, 3.05) is 13.7 Å². The molecule has 1 amide bonds. The van der Waals surface area contributed by atoms with Crippen LogP contribution in [0.25, 0.3) is 0 Å². The van der Waals surface area contributed by atoms with Gasteiger partial charge in [-0.2, -0.15) is 0 Å². The highest BCUT2D eigenvalue weighted by Crippen LogP contribution is 2.26. The molecular weight excluding hydrogens is 250 g/mol. The summed E-state index contributed by atoms with van der Waals surface area (Å²) in [6.07, 6.45) is -0.512. The number of carbonyl (C=O) groups excluding carboxylic acids is 2. The number of esters is 1. The molecule has 1 heterocycles. The van der Waals surface area contributed by atoms with E-state index >= 15 is 0 Å². The Bertz CT molecular complexity index is 336. The average molecular weight is 273 g/mol. The van der Waals surface area contributed by atoms with Gasteiger partial charge in [0.05, 0.1) is 13.2 Å². The van der Waals surface area contributed by atoms with E-state index in [0.29, 0.717) is 13.0 Å². The van der Waals surface area contributed by atoms with E-state index in [1.54, 1.807) is 20.8 Å². The standard InChI is InChI=1S/C13H23NO5/c1-8-6-9(18-10(8)11(15)17-5)7-14-12(16)19-13(2,3)4/h8-10H,6-7H2,1-5H3,(H,14,16)/t8-,9-,10+/m0/s1. The van der Waals surface area contributed by atoms with Crippen molar-refractivity contribution in [1.82, 2.24) is 5.32 Å². The van der Waals surface area contributed by atoms with Crippen molar-refractivity contribution in [2.24, 2.45) is 5.92 Å². The molecule has 0 unspecified atom stereocenters. The number of nitrogens with one attached hydrogen (secondary N) is 1. The molecule has 1 aliphatic rings. The normalized spacial score (nSPS) is 26.9. The van der Waals surface area contributed by atoms with Gasteiger partial charge in [-0.1, -0.05) is 6.92 Å². The summed E-state index contributed by atoms with van der Waals surface area (Å²) in [4.78, 5) is 22.9. The van der Waals surface area contributed by atoms with Crippen LogP contribution in [0.5, 0.6) is 0 Å². The molecule has 0 spiro atoms. The van der Waals surface area contributed by atoms with Crippen molar-refractivity contribution in [2.45, 2.75) is 51.9 Å². The second kappa shape index (κ2) is 6.23. The lowest BCUT2D eigenvalue weighted by atomic mass is 10.0. The van der Waals surface area contributed by atoms with Crippen molar-refractivity contribution in [1.29, 1.82) is 0 Å². The van der Waals surface area contributed by atoms with Crippen LogP contribution in [0.2, 0.25) is 0 Å². The smallest absolute Gasteiger partial charge is 0.407 e. The van der Waals surface area contributed by atoms with Gasteiger partial charge in [-0.05, 0) is 33.1 Å². The number of methoxy groups -OCH3 is 1. The number of hydrogen-bond acceptors (Lipinski definition) is 5. The largest absolute Gasteiger partial charge is 0.467 e. The first-order valence-corrected chi connectivity index (χ1v) is 6.43. The number of ether oxygens (including phenoxy) is 3. The summed E-state index contributed by atoms with van der Waals surface area (Å²) < 4.78 is 15.4. The third-order valence-electron chi connectivity index (χ3n) is 2.80. The highest BCUT2D eigenvalue weighted by atomic mass is 16.6. The van der Waals surface area contributed by atoms with E-state index in [2.05, 4.69) is 10.1 Å². The Morgan fingerprint density at radius 2 is 2.00 bits per heavy atom. The molecule has 1 saturated heterocycles. The van der Waals surface area contributed by atoms with E-state index in [-0.39, 0.29) is 18.0 Å². The lowest BCUT2D eigenvalue weighted by Gasteiger charge is -2.20. The molecule has 0 aromatic rings. The first-order valence-electron chi connectivity index (χ1n) is 6.43. The lowest BCUT2D eigenvalue weighted by molar-refractivity contribution is -0.154. The fourth-order valence-corrected chi connectivity index (χ4v) is 1.98. The van der Waals surface area contributed by atoms with Crippen LogP contribution in [0.15, 0.2) is 0 Å². The van der Waals surface area contributed by atoms with Crippen molar-refractivity contribution >= 4 is 12.1 Å². The van der Waals surface area contributed by atoms with Crippen LogP contribution in [-0.2, 0) is 19.0 Å². The highest BCUT2D eigenvalue weighted by molar-refractivity contribution is 5.75. The Balaban J connectivity index is 2.36. The quantitative estimate of drug-likeness (QED) is 0.788. The Morgan fingerprint density at radius 1 is 1.37 bits per heavy atom. The molecule has 1 aliphatic heterocycles. The predicted molar refractivity (Wildman–Crippen MR) is 68.7 cm³/mol. The molecular formula is C13H23NO5. The van der Waals surface area contributed by atoms with Crippen molar-refractivity contribution < 1.29 is 23.8 Å². The second-order valence-corrected chi connectivity index (χ2v) is 5.80. The zero-order valence-electron chi connectivity index (χ0n) is 12.2. The maximum absolute atomic E-state index is 11.5. The van der Waals surface area contributed by atoms with Gasteiger partial charge < -0.3 is 19.5 Å². The number of hydrogen-bond donors (Lipinski definition) is 1. The van der Waals surface area contributed by atoms with Crippen LogP contribution in [0.3, 0.4) is 0 Å². The summed E-state index contributed by atoms with van der Waals surface area (Å²) in [6.45, 7) is 7.65. The lowest BCUT2D eigenvalue weighted by Crippen LogP contribution is -2.37. The summed E-state index contributed by atoms with van der Waals surface area (Å²) in [6, 6.07) is 0. The molecule has 110 valence electrons. The SMILES string of the molecule is COC(=O)[C@@H]1O[C@H](CNC(=O)OC(C)(C)C)C[C@@H]1C. The van der Waals surface area contributed by atoms with Crippen LogP contribution in [0.4, 0.5) is 4.79 Å². The number of alkyl carbamates (subject to hydrolysis) is 1. The predicted octanol–water partition coefficient (Wildman–Crippen LogP) is 1.48.